The van der Waals surface area contributed by atoms with Crippen molar-refractivity contribution in [1.29, 1.82) is 0 Å². The topological polar surface area (TPSA) is 20.3 Å². The minimum atomic E-state index is -2.82. The quantitative estimate of drug-likeness (QED) is 0.614. The van der Waals surface area contributed by atoms with E-state index in [1.807, 2.05) is 0 Å². The van der Waals surface area contributed by atoms with Crippen molar-refractivity contribution in [2.45, 2.75) is 38.2 Å². The number of alkyl halides is 2. The summed E-state index contributed by atoms with van der Waals surface area (Å²) < 4.78 is 24.3. The molecule has 4 heteroatoms. The maximum absolute atomic E-state index is 12.1. The largest absolute Gasteiger partial charge is 0.334 e. The molecule has 1 aliphatic carbocycles. The molecule has 0 aromatic heterocycles. The lowest BCUT2D eigenvalue weighted by atomic mass is 9.80. The van der Waals surface area contributed by atoms with Gasteiger partial charge < -0.3 is 4.90 Å². The number of piperidine rings is 2. The Balaban J connectivity index is 2.04. The summed E-state index contributed by atoms with van der Waals surface area (Å²) in [5.74, 6) is -0.484. The van der Waals surface area contributed by atoms with Crippen LogP contribution in [0.2, 0.25) is 0 Å². The molecule has 0 N–H and O–H groups in total. The van der Waals surface area contributed by atoms with E-state index in [9.17, 15) is 13.6 Å². The van der Waals surface area contributed by atoms with E-state index in [4.69, 9.17) is 0 Å². The highest BCUT2D eigenvalue weighted by molar-refractivity contribution is 5.79. The number of nitrogens with zero attached hydrogens (tertiary/aromatic N) is 1. The molecule has 2 saturated heterocycles. The zero-order valence-corrected chi connectivity index (χ0v) is 7.38. The fourth-order valence-corrected chi connectivity index (χ4v) is 2.46. The van der Waals surface area contributed by atoms with Crippen molar-refractivity contribution in [3.8, 4) is 0 Å². The third-order valence-corrected chi connectivity index (χ3v) is 3.18. The van der Waals surface area contributed by atoms with E-state index in [0.29, 0.717) is 12.5 Å². The Morgan fingerprint density at radius 3 is 2.23 bits per heavy atom. The van der Waals surface area contributed by atoms with Crippen molar-refractivity contribution < 1.29 is 13.6 Å². The van der Waals surface area contributed by atoms with Gasteiger partial charge in [-0.3, -0.25) is 4.79 Å². The average molecular weight is 189 g/mol. The van der Waals surface area contributed by atoms with E-state index in [1.165, 1.54) is 4.90 Å². The lowest BCUT2D eigenvalue weighted by molar-refractivity contribution is -0.150. The van der Waals surface area contributed by atoms with Crippen LogP contribution in [0.15, 0.2) is 0 Å². The van der Waals surface area contributed by atoms with E-state index in [-0.39, 0.29) is 6.04 Å². The number of carbonyl (C=O) groups is 1. The Morgan fingerprint density at radius 2 is 1.85 bits per heavy atom. The second kappa shape index (κ2) is 3.24. The molecule has 2 heterocycles. The highest BCUT2D eigenvalue weighted by Gasteiger charge is 2.38. The Labute approximate surface area is 75.9 Å². The predicted octanol–water partition coefficient (Wildman–Crippen LogP) is 1.65. The number of halogens is 2. The summed E-state index contributed by atoms with van der Waals surface area (Å²) in [5.41, 5.74) is 0. The van der Waals surface area contributed by atoms with Crippen molar-refractivity contribution in [3.63, 3.8) is 0 Å². The Morgan fingerprint density at radius 1 is 1.23 bits per heavy atom. The molecule has 0 unspecified atom stereocenters. The van der Waals surface area contributed by atoms with Crippen LogP contribution in [0.1, 0.15) is 25.7 Å². The molecule has 2 bridgehead atoms. The van der Waals surface area contributed by atoms with Crippen LogP contribution in [0.4, 0.5) is 8.78 Å². The third-order valence-electron chi connectivity index (χ3n) is 3.18. The van der Waals surface area contributed by atoms with Gasteiger partial charge in [-0.15, -0.1) is 0 Å². The van der Waals surface area contributed by atoms with Crippen molar-refractivity contribution in [3.05, 3.63) is 0 Å². The highest BCUT2D eigenvalue weighted by Crippen LogP contribution is 2.35. The van der Waals surface area contributed by atoms with Crippen molar-refractivity contribution in [2.75, 3.05) is 6.54 Å². The normalized spacial score (nSPS) is 32.7. The number of fused-ring (bicyclic) bond motifs is 3. The molecule has 0 radical (unpaired) electrons. The number of hydrogen-bond donors (Lipinski definition) is 0. The van der Waals surface area contributed by atoms with E-state index >= 15 is 0 Å². The third kappa shape index (κ3) is 1.54. The van der Waals surface area contributed by atoms with Gasteiger partial charge in [0.25, 0.3) is 5.91 Å². The van der Waals surface area contributed by atoms with Crippen LogP contribution >= 0.6 is 0 Å². The molecule has 3 aliphatic rings. The fraction of sp³-hybridized carbons (Fsp3) is 0.889. The summed E-state index contributed by atoms with van der Waals surface area (Å²) in [5, 5.41) is 0. The number of carbonyl (C=O) groups excluding carboxylic acids is 1. The Kier molecular flexibility index (Phi) is 2.22. The first-order valence-corrected chi connectivity index (χ1v) is 4.77. The molecule has 2 nitrogen and oxygen atoms in total. The smallest absolute Gasteiger partial charge is 0.315 e. The summed E-state index contributed by atoms with van der Waals surface area (Å²) in [4.78, 5) is 12.5. The molecule has 1 amide bonds. The van der Waals surface area contributed by atoms with Crippen LogP contribution in [-0.4, -0.2) is 29.8 Å². The monoisotopic (exact) mass is 189 g/mol. The molecule has 3 fully saturated rings. The van der Waals surface area contributed by atoms with Crippen LogP contribution < -0.4 is 0 Å². The molecule has 0 atom stereocenters. The van der Waals surface area contributed by atoms with Gasteiger partial charge in [0.15, 0.2) is 0 Å². The van der Waals surface area contributed by atoms with Gasteiger partial charge in [-0.2, -0.15) is 8.78 Å². The molecule has 2 aliphatic heterocycles. The predicted molar refractivity (Wildman–Crippen MR) is 43.5 cm³/mol. The minimum absolute atomic E-state index is 0.103. The lowest BCUT2D eigenvalue weighted by Crippen LogP contribution is -2.52. The molecule has 0 aromatic carbocycles. The van der Waals surface area contributed by atoms with Crippen molar-refractivity contribution in [1.82, 2.24) is 4.90 Å². The van der Waals surface area contributed by atoms with Gasteiger partial charge in [-0.1, -0.05) is 0 Å². The first-order valence-electron chi connectivity index (χ1n) is 4.77. The average Bonchev–Trinajstić information content (AvgIpc) is 2.18. The Bertz CT molecular complexity index is 212. The van der Waals surface area contributed by atoms with Crippen LogP contribution in [-0.2, 0) is 4.79 Å². The zero-order chi connectivity index (χ0) is 9.42. The van der Waals surface area contributed by atoms with Gasteiger partial charge in [-0.25, -0.2) is 0 Å². The number of amides is 1. The van der Waals surface area contributed by atoms with E-state index in [0.717, 1.165) is 25.7 Å². The molecule has 3 rings (SSSR count). The standard InChI is InChI=1S/C9H13F2NO/c10-8(11)9(13)12-5-6-1-3-7(12)4-2-6/h6-8H,1-5H2. The molecule has 0 aromatic rings. The van der Waals surface area contributed by atoms with Gasteiger partial charge >= 0.3 is 6.43 Å². The van der Waals surface area contributed by atoms with Gasteiger partial charge in [-0.05, 0) is 31.6 Å². The van der Waals surface area contributed by atoms with Gasteiger partial charge in [0.1, 0.15) is 0 Å². The SMILES string of the molecule is O=C(C(F)F)N1CC2CCC1CC2. The summed E-state index contributed by atoms with van der Waals surface area (Å²) in [6.07, 6.45) is 1.24. The van der Waals surface area contributed by atoms with Crippen molar-refractivity contribution >= 4 is 5.91 Å². The van der Waals surface area contributed by atoms with Gasteiger partial charge in [0, 0.05) is 12.6 Å². The first kappa shape index (κ1) is 8.91. The number of rotatable bonds is 1. The second-order valence-electron chi connectivity index (χ2n) is 3.97. The van der Waals surface area contributed by atoms with E-state index in [1.54, 1.807) is 0 Å². The fourth-order valence-electron chi connectivity index (χ4n) is 2.46. The van der Waals surface area contributed by atoms with Gasteiger partial charge in [0.05, 0.1) is 0 Å². The van der Waals surface area contributed by atoms with Crippen LogP contribution in [0.25, 0.3) is 0 Å². The second-order valence-corrected chi connectivity index (χ2v) is 3.97. The van der Waals surface area contributed by atoms with Crippen LogP contribution in [0, 0.1) is 5.92 Å². The molecule has 74 valence electrons. The zero-order valence-electron chi connectivity index (χ0n) is 7.38. The molecule has 0 spiro atoms. The molecular formula is C9H13F2NO. The molecule has 1 saturated carbocycles. The first-order chi connectivity index (χ1) is 6.18. The lowest BCUT2D eigenvalue weighted by Gasteiger charge is -2.45. The summed E-state index contributed by atoms with van der Waals surface area (Å²) in [6.45, 7) is 0.563. The summed E-state index contributed by atoms with van der Waals surface area (Å²) >= 11 is 0. The maximum atomic E-state index is 12.1. The Hall–Kier alpha value is -0.670. The highest BCUT2D eigenvalue weighted by atomic mass is 19.3. The maximum Gasteiger partial charge on any atom is 0.315 e. The van der Waals surface area contributed by atoms with Crippen LogP contribution in [0.3, 0.4) is 0 Å². The number of hydrogen-bond acceptors (Lipinski definition) is 1. The minimum Gasteiger partial charge on any atom is -0.334 e. The van der Waals surface area contributed by atoms with E-state index in [2.05, 4.69) is 0 Å². The van der Waals surface area contributed by atoms with Crippen molar-refractivity contribution in [2.24, 2.45) is 5.92 Å². The summed E-state index contributed by atoms with van der Waals surface area (Å²) in [7, 11) is 0. The van der Waals surface area contributed by atoms with E-state index < -0.39 is 12.3 Å². The van der Waals surface area contributed by atoms with Crippen LogP contribution in [0.5, 0.6) is 0 Å². The van der Waals surface area contributed by atoms with Gasteiger partial charge in [0.2, 0.25) is 0 Å². The molecule has 13 heavy (non-hydrogen) atoms. The molecular weight excluding hydrogens is 176 g/mol. The summed E-state index contributed by atoms with van der Waals surface area (Å²) in [6, 6.07) is 0.103.